The Bertz CT molecular complexity index is 971. The van der Waals surface area contributed by atoms with E-state index < -0.39 is 16.1 Å². The minimum Gasteiger partial charge on any atom is -0.478 e. The van der Waals surface area contributed by atoms with Crippen LogP contribution in [0.3, 0.4) is 0 Å². The molecule has 7 heteroatoms. The zero-order chi connectivity index (χ0) is 21.7. The van der Waals surface area contributed by atoms with E-state index in [4.69, 9.17) is 4.74 Å². The molecule has 1 N–H and O–H groups in total. The number of carbonyl (C=O) groups excluding carboxylic acids is 1. The first-order valence-electron chi connectivity index (χ1n) is 10.4. The summed E-state index contributed by atoms with van der Waals surface area (Å²) in [7, 11) is -3.45. The molecule has 0 aromatic heterocycles. The lowest BCUT2D eigenvalue weighted by Gasteiger charge is -2.20. The number of ether oxygens (including phenoxy) is 1. The third-order valence-electron chi connectivity index (χ3n) is 5.28. The van der Waals surface area contributed by atoms with E-state index >= 15 is 0 Å². The Morgan fingerprint density at radius 3 is 2.53 bits per heavy atom. The van der Waals surface area contributed by atoms with Crippen LogP contribution in [0.25, 0.3) is 0 Å². The molecule has 2 aromatic carbocycles. The largest absolute Gasteiger partial charge is 0.478 e. The van der Waals surface area contributed by atoms with Gasteiger partial charge in [0.1, 0.15) is 5.75 Å². The highest BCUT2D eigenvalue weighted by molar-refractivity contribution is 7.92. The molecule has 0 radical (unpaired) electrons. The number of benzene rings is 2. The van der Waals surface area contributed by atoms with Crippen molar-refractivity contribution in [1.82, 2.24) is 5.32 Å². The molecule has 162 valence electrons. The van der Waals surface area contributed by atoms with Gasteiger partial charge in [-0.2, -0.15) is 0 Å². The topological polar surface area (TPSA) is 75.7 Å². The highest BCUT2D eigenvalue weighted by Crippen LogP contribution is 2.33. The molecule has 6 nitrogen and oxygen atoms in total. The predicted octanol–water partition coefficient (Wildman–Crippen LogP) is 3.48. The van der Waals surface area contributed by atoms with Gasteiger partial charge in [-0.1, -0.05) is 50.2 Å². The Morgan fingerprint density at radius 2 is 1.87 bits per heavy atom. The summed E-state index contributed by atoms with van der Waals surface area (Å²) >= 11 is 0. The molecule has 0 saturated carbocycles. The van der Waals surface area contributed by atoms with Crippen LogP contribution in [0.2, 0.25) is 0 Å². The maximum Gasteiger partial charge on any atom is 0.261 e. The van der Waals surface area contributed by atoms with Crippen LogP contribution in [-0.4, -0.2) is 39.8 Å². The predicted molar refractivity (Wildman–Crippen MR) is 120 cm³/mol. The number of aryl methyl sites for hydroxylation is 1. The van der Waals surface area contributed by atoms with Gasteiger partial charge in [0.2, 0.25) is 10.0 Å². The molecule has 0 spiro atoms. The number of rotatable bonds is 7. The first kappa shape index (κ1) is 22.2. The third-order valence-corrected chi connectivity index (χ3v) is 6.46. The molecule has 3 rings (SSSR count). The van der Waals surface area contributed by atoms with Gasteiger partial charge in [0, 0.05) is 19.5 Å². The van der Waals surface area contributed by atoms with Gasteiger partial charge in [-0.25, -0.2) is 8.42 Å². The molecule has 1 aliphatic rings. The van der Waals surface area contributed by atoms with Crippen molar-refractivity contribution >= 4 is 21.6 Å². The molecule has 0 aliphatic carbocycles. The van der Waals surface area contributed by atoms with Crippen LogP contribution in [0.4, 0.5) is 5.69 Å². The van der Waals surface area contributed by atoms with Crippen LogP contribution >= 0.6 is 0 Å². The molecule has 1 amide bonds. The number of amides is 1. The summed E-state index contributed by atoms with van der Waals surface area (Å²) < 4.78 is 31.5. The minimum absolute atomic E-state index is 0.204. The first-order valence-corrected chi connectivity index (χ1v) is 12.2. The molecule has 0 unspecified atom stereocenters. The Labute approximate surface area is 179 Å². The number of anilines is 1. The van der Waals surface area contributed by atoms with Crippen molar-refractivity contribution < 1.29 is 17.9 Å². The van der Waals surface area contributed by atoms with E-state index in [1.165, 1.54) is 15.4 Å². The second-order valence-corrected chi connectivity index (χ2v) is 9.90. The van der Waals surface area contributed by atoms with E-state index in [1.54, 1.807) is 24.3 Å². The van der Waals surface area contributed by atoms with Crippen molar-refractivity contribution in [1.29, 1.82) is 0 Å². The molecule has 1 atom stereocenters. The summed E-state index contributed by atoms with van der Waals surface area (Å²) in [4.78, 5) is 12.6. The average molecular weight is 431 g/mol. The van der Waals surface area contributed by atoms with Crippen molar-refractivity contribution in [3.8, 4) is 5.75 Å². The molecule has 0 bridgehead atoms. The number of nitrogens with zero attached hydrogens (tertiary/aromatic N) is 1. The van der Waals surface area contributed by atoms with Crippen molar-refractivity contribution in [2.75, 3.05) is 23.7 Å². The lowest BCUT2D eigenvalue weighted by atomic mass is 10.0. The van der Waals surface area contributed by atoms with E-state index in [-0.39, 0.29) is 12.5 Å². The van der Waals surface area contributed by atoms with E-state index in [9.17, 15) is 13.2 Å². The Morgan fingerprint density at radius 1 is 1.17 bits per heavy atom. The van der Waals surface area contributed by atoms with Crippen LogP contribution in [0, 0.1) is 0 Å². The molecule has 0 saturated heterocycles. The maximum atomic E-state index is 12.6. The lowest BCUT2D eigenvalue weighted by Crippen LogP contribution is -2.40. The van der Waals surface area contributed by atoms with Gasteiger partial charge in [0.25, 0.3) is 5.91 Å². The van der Waals surface area contributed by atoms with E-state index in [2.05, 4.69) is 43.4 Å². The fourth-order valence-corrected chi connectivity index (χ4v) is 4.49. The van der Waals surface area contributed by atoms with Crippen LogP contribution in [-0.2, 0) is 21.2 Å². The molecule has 0 fully saturated rings. The zero-order valence-electron chi connectivity index (χ0n) is 17.8. The highest BCUT2D eigenvalue weighted by atomic mass is 32.2. The van der Waals surface area contributed by atoms with Crippen LogP contribution in [0.1, 0.15) is 43.7 Å². The Kier molecular flexibility index (Phi) is 7.02. The number of carbonyl (C=O) groups is 1. The number of hydrogen-bond donors (Lipinski definition) is 1. The summed E-state index contributed by atoms with van der Waals surface area (Å²) in [5.41, 5.74) is 3.04. The maximum absolute atomic E-state index is 12.6. The SMILES string of the molecule is CC(C)c1ccc(CCCNC(=O)[C@@H]2CCN(S(C)(=O)=O)c3ccccc3O2)cc1. The number of fused-ring (bicyclic) bond motifs is 1. The number of para-hydroxylation sites is 2. The van der Waals surface area contributed by atoms with Crippen LogP contribution in [0.5, 0.6) is 5.75 Å². The third kappa shape index (κ3) is 5.53. The Hall–Kier alpha value is -2.54. The molecule has 1 heterocycles. The van der Waals surface area contributed by atoms with Gasteiger partial charge < -0.3 is 10.1 Å². The Balaban J connectivity index is 1.55. The molecular weight excluding hydrogens is 400 g/mol. The minimum atomic E-state index is -3.45. The monoisotopic (exact) mass is 430 g/mol. The fourth-order valence-electron chi connectivity index (χ4n) is 3.55. The molecule has 1 aliphatic heterocycles. The van der Waals surface area contributed by atoms with E-state index in [0.717, 1.165) is 19.1 Å². The smallest absolute Gasteiger partial charge is 0.261 e. The van der Waals surface area contributed by atoms with Crippen molar-refractivity contribution in [3.05, 3.63) is 59.7 Å². The number of nitrogens with one attached hydrogen (secondary N) is 1. The zero-order valence-corrected chi connectivity index (χ0v) is 18.6. The van der Waals surface area contributed by atoms with Crippen LogP contribution in [0.15, 0.2) is 48.5 Å². The van der Waals surface area contributed by atoms with Crippen molar-refractivity contribution in [2.45, 2.75) is 45.1 Å². The van der Waals surface area contributed by atoms with Gasteiger partial charge in [0.15, 0.2) is 6.10 Å². The standard InChI is InChI=1S/C23H30N2O4S/c1-17(2)19-12-10-18(11-13-19)7-6-15-24-23(26)22-14-16-25(30(3,27)28)20-8-4-5-9-21(20)29-22/h4-5,8-13,17,22H,6-7,14-16H2,1-3H3,(H,24,26)/t22-/m0/s1. The lowest BCUT2D eigenvalue weighted by molar-refractivity contribution is -0.128. The quantitative estimate of drug-likeness (QED) is 0.683. The second-order valence-electron chi connectivity index (χ2n) is 7.99. The molecular formula is C23H30N2O4S. The fraction of sp³-hybridized carbons (Fsp3) is 0.435. The molecule has 2 aromatic rings. The summed E-state index contributed by atoms with van der Waals surface area (Å²) in [5, 5.41) is 2.93. The van der Waals surface area contributed by atoms with Gasteiger partial charge >= 0.3 is 0 Å². The highest BCUT2D eigenvalue weighted by Gasteiger charge is 2.30. The van der Waals surface area contributed by atoms with E-state index in [0.29, 0.717) is 30.3 Å². The van der Waals surface area contributed by atoms with Gasteiger partial charge in [0.05, 0.1) is 11.9 Å². The van der Waals surface area contributed by atoms with E-state index in [1.807, 2.05) is 0 Å². The molecule has 30 heavy (non-hydrogen) atoms. The van der Waals surface area contributed by atoms with Gasteiger partial charge in [-0.05, 0) is 42.0 Å². The summed E-state index contributed by atoms with van der Waals surface area (Å²) in [6.07, 6.45) is 2.45. The van der Waals surface area contributed by atoms with Gasteiger partial charge in [-0.15, -0.1) is 0 Å². The number of sulfonamides is 1. The summed E-state index contributed by atoms with van der Waals surface area (Å²) in [6.45, 7) is 5.10. The normalized spacial score (nSPS) is 16.5. The second kappa shape index (κ2) is 9.51. The first-order chi connectivity index (χ1) is 14.3. The van der Waals surface area contributed by atoms with Gasteiger partial charge in [-0.3, -0.25) is 9.10 Å². The van der Waals surface area contributed by atoms with Crippen LogP contribution < -0.4 is 14.4 Å². The van der Waals surface area contributed by atoms with Crippen molar-refractivity contribution in [2.24, 2.45) is 0 Å². The summed E-state index contributed by atoms with van der Waals surface area (Å²) in [5.74, 6) is 0.711. The van der Waals surface area contributed by atoms with Crippen molar-refractivity contribution in [3.63, 3.8) is 0 Å². The number of hydrogen-bond acceptors (Lipinski definition) is 4. The average Bonchev–Trinajstić information content (AvgIpc) is 2.91. The summed E-state index contributed by atoms with van der Waals surface area (Å²) in [6, 6.07) is 15.5.